The number of piperidine rings is 1. The monoisotopic (exact) mass is 345 g/mol. The summed E-state index contributed by atoms with van der Waals surface area (Å²) in [6.45, 7) is 2.94. The van der Waals surface area contributed by atoms with Crippen molar-refractivity contribution in [2.75, 3.05) is 18.0 Å². The van der Waals surface area contributed by atoms with Crippen molar-refractivity contribution < 1.29 is 15.0 Å². The SMILES string of the molecule is Cc1nc(N2CC[C@H](O)[C@@](CC3CC3)(C(=O)O)C2)nc2c1CCCC2. The molecule has 0 aromatic carbocycles. The van der Waals surface area contributed by atoms with Gasteiger partial charge in [0.15, 0.2) is 0 Å². The zero-order valence-electron chi connectivity index (χ0n) is 14.9. The van der Waals surface area contributed by atoms with Crippen LogP contribution in [0.3, 0.4) is 0 Å². The molecule has 4 rings (SSSR count). The highest BCUT2D eigenvalue weighted by molar-refractivity contribution is 5.77. The van der Waals surface area contributed by atoms with Crippen molar-refractivity contribution in [1.82, 2.24) is 9.97 Å². The van der Waals surface area contributed by atoms with Gasteiger partial charge in [0.2, 0.25) is 5.95 Å². The number of hydrogen-bond donors (Lipinski definition) is 2. The van der Waals surface area contributed by atoms with Crippen molar-refractivity contribution in [2.24, 2.45) is 11.3 Å². The number of carboxylic acids is 1. The van der Waals surface area contributed by atoms with E-state index in [2.05, 4.69) is 0 Å². The summed E-state index contributed by atoms with van der Waals surface area (Å²) in [5, 5.41) is 20.4. The number of anilines is 1. The van der Waals surface area contributed by atoms with Crippen molar-refractivity contribution in [3.05, 3.63) is 17.0 Å². The van der Waals surface area contributed by atoms with Crippen LogP contribution in [0.5, 0.6) is 0 Å². The van der Waals surface area contributed by atoms with Gasteiger partial charge in [-0.05, 0) is 56.9 Å². The quantitative estimate of drug-likeness (QED) is 0.869. The van der Waals surface area contributed by atoms with Crippen molar-refractivity contribution in [1.29, 1.82) is 0 Å². The van der Waals surface area contributed by atoms with E-state index in [9.17, 15) is 15.0 Å². The summed E-state index contributed by atoms with van der Waals surface area (Å²) in [5.74, 6) is 0.203. The summed E-state index contributed by atoms with van der Waals surface area (Å²) >= 11 is 0. The molecule has 25 heavy (non-hydrogen) atoms. The van der Waals surface area contributed by atoms with Crippen LogP contribution in [0.15, 0.2) is 0 Å². The molecule has 2 heterocycles. The van der Waals surface area contributed by atoms with Gasteiger partial charge in [0.05, 0.1) is 6.10 Å². The van der Waals surface area contributed by atoms with E-state index in [4.69, 9.17) is 9.97 Å². The molecular weight excluding hydrogens is 318 g/mol. The number of aliphatic hydroxyl groups is 1. The molecule has 0 amide bonds. The van der Waals surface area contributed by atoms with Crippen LogP contribution in [0.1, 0.15) is 55.5 Å². The molecule has 136 valence electrons. The fourth-order valence-corrected chi connectivity index (χ4v) is 4.49. The Morgan fingerprint density at radius 3 is 2.72 bits per heavy atom. The second-order valence-corrected chi connectivity index (χ2v) is 8.08. The average molecular weight is 345 g/mol. The molecule has 6 heteroatoms. The molecule has 2 atom stereocenters. The van der Waals surface area contributed by atoms with Crippen LogP contribution in [-0.4, -0.2) is 45.3 Å². The lowest BCUT2D eigenvalue weighted by atomic mass is 9.73. The standard InChI is InChI=1S/C19H27N3O3/c1-12-14-4-2-3-5-15(14)21-18(20-12)22-9-8-16(23)19(11-22,17(24)25)10-13-6-7-13/h13,16,23H,2-11H2,1H3,(H,24,25)/t16-,19-/m0/s1. The van der Waals surface area contributed by atoms with Gasteiger partial charge in [-0.15, -0.1) is 0 Å². The fourth-order valence-electron chi connectivity index (χ4n) is 4.49. The maximum atomic E-state index is 12.1. The molecule has 1 aliphatic heterocycles. The zero-order valence-corrected chi connectivity index (χ0v) is 14.9. The van der Waals surface area contributed by atoms with E-state index in [1.54, 1.807) is 0 Å². The molecule has 1 saturated heterocycles. The number of aliphatic carboxylic acids is 1. The summed E-state index contributed by atoms with van der Waals surface area (Å²) in [4.78, 5) is 23.6. The Hall–Kier alpha value is -1.69. The van der Waals surface area contributed by atoms with Gasteiger partial charge in [0.1, 0.15) is 5.41 Å². The van der Waals surface area contributed by atoms with E-state index >= 15 is 0 Å². The van der Waals surface area contributed by atoms with Crippen LogP contribution >= 0.6 is 0 Å². The molecule has 0 unspecified atom stereocenters. The molecule has 2 N–H and O–H groups in total. The van der Waals surface area contributed by atoms with Crippen LogP contribution in [0.4, 0.5) is 5.95 Å². The van der Waals surface area contributed by atoms with E-state index in [1.807, 2.05) is 11.8 Å². The first-order chi connectivity index (χ1) is 12.0. The Labute approximate surface area is 148 Å². The van der Waals surface area contributed by atoms with Crippen molar-refractivity contribution in [2.45, 2.75) is 64.4 Å². The van der Waals surface area contributed by atoms with Gasteiger partial charge >= 0.3 is 5.97 Å². The second-order valence-electron chi connectivity index (χ2n) is 8.08. The number of rotatable bonds is 4. The lowest BCUT2D eigenvalue weighted by molar-refractivity contribution is -0.158. The summed E-state index contributed by atoms with van der Waals surface area (Å²) in [6, 6.07) is 0. The Bertz CT molecular complexity index is 689. The first kappa shape index (κ1) is 16.8. The first-order valence-electron chi connectivity index (χ1n) is 9.52. The van der Waals surface area contributed by atoms with E-state index in [-0.39, 0.29) is 0 Å². The molecule has 1 saturated carbocycles. The van der Waals surface area contributed by atoms with Crippen LogP contribution < -0.4 is 4.90 Å². The lowest BCUT2D eigenvalue weighted by Gasteiger charge is -2.43. The minimum atomic E-state index is -1.09. The molecule has 6 nitrogen and oxygen atoms in total. The van der Waals surface area contributed by atoms with Crippen LogP contribution in [-0.2, 0) is 17.6 Å². The Balaban J connectivity index is 1.64. The van der Waals surface area contributed by atoms with Crippen LogP contribution in [0.2, 0.25) is 0 Å². The largest absolute Gasteiger partial charge is 0.481 e. The summed E-state index contributed by atoms with van der Waals surface area (Å²) in [7, 11) is 0. The molecule has 2 fully saturated rings. The van der Waals surface area contributed by atoms with E-state index in [0.717, 1.165) is 43.5 Å². The normalized spacial score (nSPS) is 29.4. The predicted molar refractivity (Wildman–Crippen MR) is 93.7 cm³/mol. The number of carbonyl (C=O) groups is 1. The number of aryl methyl sites for hydroxylation is 2. The molecular formula is C19H27N3O3. The fraction of sp³-hybridized carbons (Fsp3) is 0.737. The molecule has 3 aliphatic rings. The van der Waals surface area contributed by atoms with Crippen molar-refractivity contribution in [3.63, 3.8) is 0 Å². The zero-order chi connectivity index (χ0) is 17.6. The third-order valence-corrected chi connectivity index (χ3v) is 6.22. The summed E-state index contributed by atoms with van der Waals surface area (Å²) in [5.41, 5.74) is 2.33. The topological polar surface area (TPSA) is 86.5 Å². The third kappa shape index (κ3) is 3.01. The molecule has 1 aromatic rings. The first-order valence-corrected chi connectivity index (χ1v) is 9.52. The maximum Gasteiger partial charge on any atom is 0.314 e. The van der Waals surface area contributed by atoms with Gasteiger partial charge in [-0.1, -0.05) is 12.8 Å². The van der Waals surface area contributed by atoms with Gasteiger partial charge in [-0.2, -0.15) is 0 Å². The van der Waals surface area contributed by atoms with Gasteiger partial charge in [-0.3, -0.25) is 4.79 Å². The average Bonchev–Trinajstić information content (AvgIpc) is 3.40. The Morgan fingerprint density at radius 1 is 1.24 bits per heavy atom. The number of fused-ring (bicyclic) bond motifs is 1. The number of hydrogen-bond acceptors (Lipinski definition) is 5. The smallest absolute Gasteiger partial charge is 0.314 e. The minimum absolute atomic E-state index is 0.304. The van der Waals surface area contributed by atoms with Crippen molar-refractivity contribution >= 4 is 11.9 Å². The van der Waals surface area contributed by atoms with Gasteiger partial charge in [-0.25, -0.2) is 9.97 Å². The maximum absolute atomic E-state index is 12.1. The number of aromatic nitrogens is 2. The van der Waals surface area contributed by atoms with Gasteiger partial charge in [0.25, 0.3) is 0 Å². The van der Waals surface area contributed by atoms with E-state index in [1.165, 1.54) is 12.0 Å². The predicted octanol–water partition coefficient (Wildman–Crippen LogP) is 2.11. The number of aliphatic hydroxyl groups excluding tert-OH is 1. The molecule has 0 radical (unpaired) electrons. The Morgan fingerprint density at radius 2 is 2.00 bits per heavy atom. The highest BCUT2D eigenvalue weighted by Gasteiger charge is 2.52. The van der Waals surface area contributed by atoms with Crippen molar-refractivity contribution in [3.8, 4) is 0 Å². The number of nitrogens with zero attached hydrogens (tertiary/aromatic N) is 3. The molecule has 1 aromatic heterocycles. The molecule has 2 aliphatic carbocycles. The van der Waals surface area contributed by atoms with Gasteiger partial charge in [0, 0.05) is 24.5 Å². The summed E-state index contributed by atoms with van der Waals surface area (Å²) in [6.07, 6.45) is 6.75. The molecule has 0 spiro atoms. The highest BCUT2D eigenvalue weighted by Crippen LogP contribution is 2.45. The third-order valence-electron chi connectivity index (χ3n) is 6.22. The summed E-state index contributed by atoms with van der Waals surface area (Å²) < 4.78 is 0. The molecule has 0 bridgehead atoms. The Kier molecular flexibility index (Phi) is 4.18. The number of carboxylic acid groups (broad SMARTS) is 1. The van der Waals surface area contributed by atoms with E-state index in [0.29, 0.717) is 37.8 Å². The second kappa shape index (κ2) is 6.24. The lowest BCUT2D eigenvalue weighted by Crippen LogP contribution is -2.56. The van der Waals surface area contributed by atoms with Crippen LogP contribution in [0, 0.1) is 18.3 Å². The minimum Gasteiger partial charge on any atom is -0.481 e. The van der Waals surface area contributed by atoms with E-state index < -0.39 is 17.5 Å². The van der Waals surface area contributed by atoms with Crippen LogP contribution in [0.25, 0.3) is 0 Å². The highest BCUT2D eigenvalue weighted by atomic mass is 16.4. The van der Waals surface area contributed by atoms with Gasteiger partial charge < -0.3 is 15.1 Å².